The lowest BCUT2D eigenvalue weighted by molar-refractivity contribution is 0.165. The Kier molecular flexibility index (Phi) is 4.79. The molecule has 6 nitrogen and oxygen atoms in total. The molecular formula is C14H14ClNO5S2. The second-order valence-corrected chi connectivity index (χ2v) is 8.54. The first-order valence-corrected chi connectivity index (χ1v) is 9.46. The topological polar surface area (TPSA) is 84.9 Å². The third-order valence-corrected chi connectivity index (χ3v) is 6.38. The predicted molar refractivity (Wildman–Crippen MR) is 86.9 cm³/mol. The van der Waals surface area contributed by atoms with E-state index in [0.29, 0.717) is 34.6 Å². The zero-order valence-electron chi connectivity index (χ0n) is 11.9. The summed E-state index contributed by atoms with van der Waals surface area (Å²) < 4.78 is 37.9. The van der Waals surface area contributed by atoms with Crippen LogP contribution in [0.5, 0.6) is 11.5 Å². The van der Waals surface area contributed by atoms with E-state index in [0.717, 1.165) is 11.3 Å². The first kappa shape index (κ1) is 16.5. The molecule has 0 saturated carbocycles. The molecule has 0 saturated heterocycles. The maximum atomic E-state index is 12.1. The molecule has 2 aromatic rings. The van der Waals surface area contributed by atoms with E-state index in [-0.39, 0.29) is 10.8 Å². The van der Waals surface area contributed by atoms with Crippen LogP contribution in [0.15, 0.2) is 34.5 Å². The number of aliphatic hydroxyl groups excluding tert-OH is 1. The summed E-state index contributed by atoms with van der Waals surface area (Å²) in [5.74, 6) is 1.15. The molecule has 1 aromatic heterocycles. The summed E-state index contributed by atoms with van der Waals surface area (Å²) >= 11 is 6.70. The first-order chi connectivity index (χ1) is 11.0. The molecule has 0 amide bonds. The van der Waals surface area contributed by atoms with E-state index in [2.05, 4.69) is 4.72 Å². The minimum absolute atomic E-state index is 0.108. The average Bonchev–Trinajstić information content (AvgIpc) is 2.99. The van der Waals surface area contributed by atoms with E-state index >= 15 is 0 Å². The van der Waals surface area contributed by atoms with E-state index in [9.17, 15) is 13.5 Å². The van der Waals surface area contributed by atoms with Gasteiger partial charge >= 0.3 is 0 Å². The zero-order chi connectivity index (χ0) is 16.4. The molecule has 1 aromatic carbocycles. The summed E-state index contributed by atoms with van der Waals surface area (Å²) in [7, 11) is -3.69. The first-order valence-electron chi connectivity index (χ1n) is 6.78. The summed E-state index contributed by atoms with van der Waals surface area (Å²) in [5.41, 5.74) is 0.543. The number of aliphatic hydroxyl groups is 1. The third kappa shape index (κ3) is 3.78. The van der Waals surface area contributed by atoms with Gasteiger partial charge in [-0.2, -0.15) is 0 Å². The highest BCUT2D eigenvalue weighted by Crippen LogP contribution is 2.32. The Balaban J connectivity index is 1.68. The number of halogens is 1. The van der Waals surface area contributed by atoms with Crippen molar-refractivity contribution < 1.29 is 23.0 Å². The number of benzene rings is 1. The van der Waals surface area contributed by atoms with E-state index < -0.39 is 16.1 Å². The fourth-order valence-corrected chi connectivity index (χ4v) is 4.65. The van der Waals surface area contributed by atoms with Crippen LogP contribution in [0.2, 0.25) is 4.34 Å². The molecule has 1 unspecified atom stereocenters. The molecule has 1 atom stereocenters. The summed E-state index contributed by atoms with van der Waals surface area (Å²) in [6, 6.07) is 7.95. The lowest BCUT2D eigenvalue weighted by atomic mass is 10.1. The lowest BCUT2D eigenvalue weighted by Gasteiger charge is -2.20. The number of hydrogen-bond acceptors (Lipinski definition) is 6. The van der Waals surface area contributed by atoms with Crippen LogP contribution in [0.1, 0.15) is 11.7 Å². The Bertz CT molecular complexity index is 805. The highest BCUT2D eigenvalue weighted by Gasteiger charge is 2.20. The molecule has 1 aliphatic heterocycles. The van der Waals surface area contributed by atoms with Crippen molar-refractivity contribution in [1.29, 1.82) is 0 Å². The number of thiophene rings is 1. The van der Waals surface area contributed by atoms with Gasteiger partial charge in [-0.3, -0.25) is 0 Å². The molecule has 2 heterocycles. The fraction of sp³-hybridized carbons (Fsp3) is 0.286. The van der Waals surface area contributed by atoms with Gasteiger partial charge in [0.1, 0.15) is 17.4 Å². The van der Waals surface area contributed by atoms with E-state index in [1.54, 1.807) is 18.2 Å². The summed E-state index contributed by atoms with van der Waals surface area (Å²) in [5, 5.41) is 10.2. The molecule has 124 valence electrons. The van der Waals surface area contributed by atoms with Crippen molar-refractivity contribution in [3.05, 3.63) is 40.2 Å². The summed E-state index contributed by atoms with van der Waals surface area (Å²) in [6.45, 7) is 0.772. The van der Waals surface area contributed by atoms with E-state index in [1.165, 1.54) is 12.1 Å². The van der Waals surface area contributed by atoms with Crippen LogP contribution in [0.3, 0.4) is 0 Å². The smallest absolute Gasteiger partial charge is 0.250 e. The van der Waals surface area contributed by atoms with Crippen LogP contribution in [-0.2, 0) is 10.0 Å². The standard InChI is InChI=1S/C14H14ClNO5S2/c15-13-3-4-14(22-13)23(18,19)16-8-10(17)9-1-2-11-12(7-9)21-6-5-20-11/h1-4,7,10,16-17H,5-6,8H2. The normalized spacial score (nSPS) is 15.4. The quantitative estimate of drug-likeness (QED) is 0.836. The second-order valence-electron chi connectivity index (χ2n) is 4.83. The van der Waals surface area contributed by atoms with Gasteiger partial charge < -0.3 is 14.6 Å². The Morgan fingerprint density at radius 3 is 2.65 bits per heavy atom. The predicted octanol–water partition coefficient (Wildman–Crippen LogP) is 2.18. The van der Waals surface area contributed by atoms with Gasteiger partial charge in [0.25, 0.3) is 0 Å². The van der Waals surface area contributed by atoms with Crippen LogP contribution in [0.25, 0.3) is 0 Å². The highest BCUT2D eigenvalue weighted by atomic mass is 35.5. The van der Waals surface area contributed by atoms with E-state index in [4.69, 9.17) is 21.1 Å². The van der Waals surface area contributed by atoms with Crippen molar-refractivity contribution in [2.45, 2.75) is 10.3 Å². The fourth-order valence-electron chi connectivity index (χ4n) is 2.09. The molecule has 0 aliphatic carbocycles. The highest BCUT2D eigenvalue weighted by molar-refractivity contribution is 7.91. The Morgan fingerprint density at radius 1 is 1.22 bits per heavy atom. The van der Waals surface area contributed by atoms with Crippen molar-refractivity contribution >= 4 is 33.0 Å². The molecule has 9 heteroatoms. The van der Waals surface area contributed by atoms with Crippen LogP contribution in [-0.4, -0.2) is 33.3 Å². The molecule has 1 aliphatic rings. The van der Waals surface area contributed by atoms with Gasteiger partial charge in [-0.05, 0) is 29.8 Å². The molecule has 23 heavy (non-hydrogen) atoms. The van der Waals surface area contributed by atoms with Crippen molar-refractivity contribution in [2.24, 2.45) is 0 Å². The monoisotopic (exact) mass is 375 g/mol. The Hall–Kier alpha value is -1.32. The SMILES string of the molecule is O=S(=O)(NCC(O)c1ccc2c(c1)OCCO2)c1ccc(Cl)s1. The lowest BCUT2D eigenvalue weighted by Crippen LogP contribution is -2.28. The van der Waals surface area contributed by atoms with Crippen LogP contribution < -0.4 is 14.2 Å². The van der Waals surface area contributed by atoms with Crippen molar-refractivity contribution in [3.63, 3.8) is 0 Å². The van der Waals surface area contributed by atoms with Crippen LogP contribution in [0, 0.1) is 0 Å². The number of hydrogen-bond donors (Lipinski definition) is 2. The number of fused-ring (bicyclic) bond motifs is 1. The molecule has 3 rings (SSSR count). The largest absolute Gasteiger partial charge is 0.486 e. The van der Waals surface area contributed by atoms with Gasteiger partial charge in [0.2, 0.25) is 10.0 Å². The van der Waals surface area contributed by atoms with Gasteiger partial charge in [-0.25, -0.2) is 13.1 Å². The molecule has 0 bridgehead atoms. The number of rotatable bonds is 5. The van der Waals surface area contributed by atoms with Gasteiger partial charge in [0.05, 0.1) is 10.4 Å². The summed E-state index contributed by atoms with van der Waals surface area (Å²) in [6.07, 6.45) is -1.00. The molecule has 0 spiro atoms. The molecule has 0 radical (unpaired) electrons. The molecule has 2 N–H and O–H groups in total. The van der Waals surface area contributed by atoms with Crippen LogP contribution in [0.4, 0.5) is 0 Å². The van der Waals surface area contributed by atoms with Crippen molar-refractivity contribution in [1.82, 2.24) is 4.72 Å². The van der Waals surface area contributed by atoms with Crippen molar-refractivity contribution in [2.75, 3.05) is 19.8 Å². The zero-order valence-corrected chi connectivity index (χ0v) is 14.2. The van der Waals surface area contributed by atoms with Gasteiger partial charge in [-0.1, -0.05) is 17.7 Å². The maximum Gasteiger partial charge on any atom is 0.250 e. The maximum absolute atomic E-state index is 12.1. The average molecular weight is 376 g/mol. The molecule has 0 fully saturated rings. The number of sulfonamides is 1. The Labute approximate surface area is 142 Å². The second kappa shape index (κ2) is 6.66. The van der Waals surface area contributed by atoms with E-state index in [1.807, 2.05) is 0 Å². The van der Waals surface area contributed by atoms with Crippen molar-refractivity contribution in [3.8, 4) is 11.5 Å². The van der Waals surface area contributed by atoms with Gasteiger partial charge in [0.15, 0.2) is 11.5 Å². The number of nitrogens with one attached hydrogen (secondary N) is 1. The van der Waals surface area contributed by atoms with Gasteiger partial charge in [0, 0.05) is 6.54 Å². The minimum atomic E-state index is -3.69. The third-order valence-electron chi connectivity index (χ3n) is 3.23. The number of ether oxygens (including phenoxy) is 2. The Morgan fingerprint density at radius 2 is 1.96 bits per heavy atom. The minimum Gasteiger partial charge on any atom is -0.486 e. The molecular weight excluding hydrogens is 362 g/mol. The van der Waals surface area contributed by atoms with Gasteiger partial charge in [-0.15, -0.1) is 11.3 Å². The summed E-state index contributed by atoms with van der Waals surface area (Å²) in [4.78, 5) is 0. The van der Waals surface area contributed by atoms with Crippen LogP contribution >= 0.6 is 22.9 Å².